The Morgan fingerprint density at radius 3 is 1.89 bits per heavy atom. The number of rotatable bonds is 0. The van der Waals surface area contributed by atoms with Crippen LogP contribution in [0.5, 0.6) is 0 Å². The molecule has 0 nitrogen and oxygen atoms in total. The average Bonchev–Trinajstić information content (AvgIpc) is 1.77. The monoisotopic (exact) mass is 192 g/mol. The van der Waals surface area contributed by atoms with Crippen LogP contribution in [0.1, 0.15) is 0 Å². The Bertz CT molecular complexity index is 152. The first-order valence-corrected chi connectivity index (χ1v) is 2.68. The van der Waals surface area contributed by atoms with Gasteiger partial charge in [-0.15, -0.1) is 12.6 Å². The third-order valence-corrected chi connectivity index (χ3v) is 1.12. The van der Waals surface area contributed by atoms with Crippen molar-refractivity contribution in [2.45, 2.75) is 4.90 Å². The van der Waals surface area contributed by atoms with Gasteiger partial charge in [0, 0.05) is 4.90 Å². The fourth-order valence-corrected chi connectivity index (χ4v) is 0.590. The van der Waals surface area contributed by atoms with Gasteiger partial charge in [-0.25, -0.2) is 4.39 Å². The maximum atomic E-state index is 12.1. The quantitative estimate of drug-likeness (QED) is 0.474. The van der Waals surface area contributed by atoms with E-state index in [2.05, 4.69) is 12.6 Å². The van der Waals surface area contributed by atoms with Crippen molar-refractivity contribution in [3.63, 3.8) is 0 Å². The van der Waals surface area contributed by atoms with E-state index >= 15 is 0 Å². The molecule has 0 aliphatic carbocycles. The molecule has 0 spiro atoms. The second-order valence-electron chi connectivity index (χ2n) is 1.48. The minimum absolute atomic E-state index is 0. The maximum absolute atomic E-state index is 12.1. The fraction of sp³-hybridized carbons (Fsp3) is 0. The molecule has 0 bridgehead atoms. The van der Waals surface area contributed by atoms with Crippen molar-refractivity contribution in [2.24, 2.45) is 0 Å². The third-order valence-electron chi connectivity index (χ3n) is 0.827. The van der Waals surface area contributed by atoms with Crippen LogP contribution in [0.2, 0.25) is 0 Å². The normalized spacial score (nSPS) is 8.22. The van der Waals surface area contributed by atoms with Crippen LogP contribution in [0.15, 0.2) is 29.2 Å². The van der Waals surface area contributed by atoms with Crippen LogP contribution >= 0.6 is 12.6 Å². The third kappa shape index (κ3) is 2.97. The molecule has 1 aromatic rings. The van der Waals surface area contributed by atoms with Crippen LogP contribution in [0.25, 0.3) is 0 Å². The molecule has 42 valence electrons. The second kappa shape index (κ2) is 4.02. The molecule has 0 aliphatic heterocycles. The van der Waals surface area contributed by atoms with Gasteiger partial charge in [-0.05, 0) is 24.3 Å². The Morgan fingerprint density at radius 2 is 1.56 bits per heavy atom. The van der Waals surface area contributed by atoms with Crippen molar-refractivity contribution in [2.75, 3.05) is 0 Å². The smallest absolute Gasteiger partial charge is 0.207 e. The van der Waals surface area contributed by atoms with Gasteiger partial charge in [-0.1, -0.05) is 0 Å². The van der Waals surface area contributed by atoms with Gasteiger partial charge < -0.3 is 0 Å². The molecule has 0 aromatic heterocycles. The van der Waals surface area contributed by atoms with Crippen LogP contribution < -0.4 is 0 Å². The first-order valence-electron chi connectivity index (χ1n) is 2.23. The minimum Gasteiger partial charge on any atom is -0.207 e. The maximum Gasteiger partial charge on any atom is 2.00 e. The molecular formula is C6H5FSZn+2. The van der Waals surface area contributed by atoms with Gasteiger partial charge in [0.05, 0.1) is 0 Å². The molecule has 0 unspecified atom stereocenters. The summed E-state index contributed by atoms with van der Waals surface area (Å²) < 4.78 is 12.1. The molecule has 0 radical (unpaired) electrons. The van der Waals surface area contributed by atoms with Gasteiger partial charge in [0.25, 0.3) is 0 Å². The zero-order valence-corrected chi connectivity index (χ0v) is 8.70. The molecule has 0 fully saturated rings. The van der Waals surface area contributed by atoms with E-state index in [1.54, 1.807) is 12.1 Å². The van der Waals surface area contributed by atoms with Crippen LogP contribution in [0, 0.1) is 5.82 Å². The van der Waals surface area contributed by atoms with Gasteiger partial charge >= 0.3 is 19.5 Å². The SMILES string of the molecule is Fc1ccc(S)cc1.[Zn+2]. The molecule has 1 aromatic carbocycles. The standard InChI is InChI=1S/C6H5FS.Zn/c7-5-1-3-6(8)4-2-5;/h1-4,8H;/q;+2. The van der Waals surface area contributed by atoms with E-state index < -0.39 is 0 Å². The fourth-order valence-electron chi connectivity index (χ4n) is 0.441. The summed E-state index contributed by atoms with van der Waals surface area (Å²) in [5.74, 6) is -0.220. The molecule has 0 aliphatic rings. The molecule has 3 heteroatoms. The van der Waals surface area contributed by atoms with Gasteiger partial charge in [-0.2, -0.15) is 0 Å². The Hall–Kier alpha value is 0.123. The van der Waals surface area contributed by atoms with E-state index in [0.717, 1.165) is 4.90 Å². The first kappa shape index (κ1) is 9.12. The summed E-state index contributed by atoms with van der Waals surface area (Å²) in [5, 5.41) is 0. The van der Waals surface area contributed by atoms with E-state index in [0.29, 0.717) is 0 Å². The van der Waals surface area contributed by atoms with Crippen LogP contribution in [-0.4, -0.2) is 0 Å². The summed E-state index contributed by atoms with van der Waals surface area (Å²) >= 11 is 3.97. The van der Waals surface area contributed by atoms with Gasteiger partial charge in [0.15, 0.2) is 0 Å². The van der Waals surface area contributed by atoms with Crippen molar-refractivity contribution in [1.29, 1.82) is 0 Å². The predicted molar refractivity (Wildman–Crippen MR) is 33.7 cm³/mol. The largest absolute Gasteiger partial charge is 2.00 e. The van der Waals surface area contributed by atoms with E-state index in [1.165, 1.54) is 12.1 Å². The molecule has 0 saturated heterocycles. The second-order valence-corrected chi connectivity index (χ2v) is 1.99. The van der Waals surface area contributed by atoms with E-state index in [-0.39, 0.29) is 25.3 Å². The van der Waals surface area contributed by atoms with Crippen molar-refractivity contribution in [3.8, 4) is 0 Å². The Balaban J connectivity index is 0.000000640. The Morgan fingerprint density at radius 1 is 1.11 bits per heavy atom. The topological polar surface area (TPSA) is 0 Å². The average molecular weight is 194 g/mol. The zero-order chi connectivity index (χ0) is 5.98. The molecule has 1 rings (SSSR count). The first-order chi connectivity index (χ1) is 3.79. The molecule has 0 N–H and O–H groups in total. The minimum atomic E-state index is -0.220. The van der Waals surface area contributed by atoms with Crippen LogP contribution in [0.3, 0.4) is 0 Å². The van der Waals surface area contributed by atoms with Crippen molar-refractivity contribution in [3.05, 3.63) is 30.1 Å². The Kier molecular flexibility index (Phi) is 4.08. The molecule has 0 heterocycles. The van der Waals surface area contributed by atoms with Crippen molar-refractivity contribution >= 4 is 12.6 Å². The van der Waals surface area contributed by atoms with Gasteiger partial charge in [-0.3, -0.25) is 0 Å². The number of thiol groups is 1. The number of halogens is 1. The summed E-state index contributed by atoms with van der Waals surface area (Å²) in [6.45, 7) is 0. The molecule has 0 saturated carbocycles. The summed E-state index contributed by atoms with van der Waals surface area (Å²) in [6.07, 6.45) is 0. The van der Waals surface area contributed by atoms with E-state index in [4.69, 9.17) is 0 Å². The summed E-state index contributed by atoms with van der Waals surface area (Å²) in [7, 11) is 0. The predicted octanol–water partition coefficient (Wildman–Crippen LogP) is 2.11. The summed E-state index contributed by atoms with van der Waals surface area (Å²) in [6, 6.07) is 5.97. The van der Waals surface area contributed by atoms with Crippen LogP contribution in [0.4, 0.5) is 4.39 Å². The number of hydrogen-bond acceptors (Lipinski definition) is 1. The number of benzene rings is 1. The Labute approximate surface area is 71.6 Å². The van der Waals surface area contributed by atoms with Crippen molar-refractivity contribution in [1.82, 2.24) is 0 Å². The molecule has 9 heavy (non-hydrogen) atoms. The molecule has 0 atom stereocenters. The molecule has 0 amide bonds. The van der Waals surface area contributed by atoms with E-state index in [1.807, 2.05) is 0 Å². The van der Waals surface area contributed by atoms with Crippen LogP contribution in [-0.2, 0) is 19.5 Å². The van der Waals surface area contributed by atoms with Crippen molar-refractivity contribution < 1.29 is 23.9 Å². The molecular weight excluding hydrogens is 189 g/mol. The van der Waals surface area contributed by atoms with Gasteiger partial charge in [0.1, 0.15) is 5.82 Å². The zero-order valence-electron chi connectivity index (χ0n) is 4.84. The summed E-state index contributed by atoms with van der Waals surface area (Å²) in [5.41, 5.74) is 0. The summed E-state index contributed by atoms with van der Waals surface area (Å²) in [4.78, 5) is 0.784. The van der Waals surface area contributed by atoms with Gasteiger partial charge in [0.2, 0.25) is 0 Å². The van der Waals surface area contributed by atoms with E-state index in [9.17, 15) is 4.39 Å². The number of hydrogen-bond donors (Lipinski definition) is 1.